The van der Waals surface area contributed by atoms with Gasteiger partial charge >= 0.3 is 0 Å². The molecule has 2 aromatic heterocycles. The third kappa shape index (κ3) is 3.88. The minimum absolute atomic E-state index is 0.336. The highest BCUT2D eigenvalue weighted by molar-refractivity contribution is 5.89. The van der Waals surface area contributed by atoms with Crippen molar-refractivity contribution >= 4 is 17.8 Å². The second-order valence-electron chi connectivity index (χ2n) is 5.82. The number of anilines is 1. The lowest BCUT2D eigenvalue weighted by molar-refractivity contribution is -0.104. The molecule has 3 aromatic rings. The number of rotatable bonds is 8. The molecule has 3 rings (SSSR count). The molecule has 0 spiro atoms. The van der Waals surface area contributed by atoms with Gasteiger partial charge in [-0.3, -0.25) is 9.48 Å². The van der Waals surface area contributed by atoms with Gasteiger partial charge in [-0.2, -0.15) is 10.1 Å². The number of methoxy groups -OCH3 is 1. The maximum Gasteiger partial charge on any atom is 0.263 e. The van der Waals surface area contributed by atoms with Crippen molar-refractivity contribution in [2.75, 3.05) is 19.0 Å². The summed E-state index contributed by atoms with van der Waals surface area (Å²) in [5.41, 5.74) is 1.92. The molecule has 0 fully saturated rings. The quantitative estimate of drug-likeness (QED) is 0.468. The second-order valence-corrected chi connectivity index (χ2v) is 5.82. The molecule has 0 bridgehead atoms. The van der Waals surface area contributed by atoms with Crippen LogP contribution < -0.4 is 14.8 Å². The third-order valence-electron chi connectivity index (χ3n) is 3.96. The van der Waals surface area contributed by atoms with Gasteiger partial charge < -0.3 is 19.3 Å². The molecule has 0 aliphatic rings. The zero-order chi connectivity index (χ0) is 20.1. The zero-order valence-corrected chi connectivity index (χ0v) is 16.1. The molecule has 0 radical (unpaired) electrons. The molecule has 0 saturated heterocycles. The molecule has 0 amide bonds. The van der Waals surface area contributed by atoms with E-state index in [4.69, 9.17) is 14.0 Å². The molecule has 1 aromatic carbocycles. The van der Waals surface area contributed by atoms with E-state index in [1.165, 1.54) is 6.08 Å². The maximum absolute atomic E-state index is 11.3. The number of allylic oxidation sites excluding steroid dienone is 1. The molecule has 0 saturated carbocycles. The van der Waals surface area contributed by atoms with Gasteiger partial charge in [0.05, 0.1) is 25.6 Å². The maximum atomic E-state index is 11.3. The Balaban J connectivity index is 2.00. The van der Waals surface area contributed by atoms with Gasteiger partial charge in [0.15, 0.2) is 17.3 Å². The average molecular weight is 383 g/mol. The van der Waals surface area contributed by atoms with Crippen LogP contribution in [0.5, 0.6) is 11.5 Å². The van der Waals surface area contributed by atoms with E-state index in [-0.39, 0.29) is 0 Å². The van der Waals surface area contributed by atoms with Gasteiger partial charge in [0, 0.05) is 18.7 Å². The molecule has 0 atom stereocenters. The van der Waals surface area contributed by atoms with Crippen LogP contribution in [-0.2, 0) is 11.8 Å². The lowest BCUT2D eigenvalue weighted by atomic mass is 10.1. The number of benzene rings is 1. The molecular weight excluding hydrogens is 362 g/mol. The number of nitrogens with one attached hydrogen (secondary N) is 1. The van der Waals surface area contributed by atoms with Crippen LogP contribution in [0.25, 0.3) is 17.2 Å². The predicted octanol–water partition coefficient (Wildman–Crippen LogP) is 2.84. The Labute approximate surface area is 162 Å². The zero-order valence-electron chi connectivity index (χ0n) is 16.1. The van der Waals surface area contributed by atoms with Gasteiger partial charge in [0.2, 0.25) is 0 Å². The van der Waals surface area contributed by atoms with E-state index in [9.17, 15) is 4.79 Å². The van der Waals surface area contributed by atoms with Crippen LogP contribution in [0.3, 0.4) is 0 Å². The van der Waals surface area contributed by atoms with E-state index < -0.39 is 0 Å². The summed E-state index contributed by atoms with van der Waals surface area (Å²) in [5, 5.41) is 11.3. The number of ether oxygens (including phenoxy) is 2. The molecule has 0 aliphatic heterocycles. The molecule has 1 N–H and O–H groups in total. The van der Waals surface area contributed by atoms with Crippen LogP contribution in [0, 0.1) is 6.92 Å². The van der Waals surface area contributed by atoms with Crippen molar-refractivity contribution in [2.24, 2.45) is 7.05 Å². The Morgan fingerprint density at radius 3 is 2.82 bits per heavy atom. The van der Waals surface area contributed by atoms with E-state index in [1.807, 2.05) is 13.0 Å². The summed E-state index contributed by atoms with van der Waals surface area (Å²) in [6.45, 7) is 4.12. The molecule has 9 nitrogen and oxygen atoms in total. The Morgan fingerprint density at radius 2 is 2.18 bits per heavy atom. The van der Waals surface area contributed by atoms with Gasteiger partial charge in [-0.15, -0.1) is 0 Å². The largest absolute Gasteiger partial charge is 0.493 e. The Morgan fingerprint density at radius 1 is 1.36 bits per heavy atom. The van der Waals surface area contributed by atoms with Gasteiger partial charge in [0.25, 0.3) is 5.89 Å². The number of aryl methyl sites for hydroxylation is 2. The Hall–Kier alpha value is -3.62. The highest BCUT2D eigenvalue weighted by atomic mass is 16.5. The molecule has 28 heavy (non-hydrogen) atoms. The molecule has 9 heteroatoms. The first kappa shape index (κ1) is 19.2. The minimum Gasteiger partial charge on any atom is -0.493 e. The summed E-state index contributed by atoms with van der Waals surface area (Å²) < 4.78 is 17.8. The van der Waals surface area contributed by atoms with Crippen molar-refractivity contribution in [1.82, 2.24) is 19.9 Å². The van der Waals surface area contributed by atoms with Crippen LogP contribution in [-0.4, -0.2) is 39.9 Å². The fraction of sp³-hybridized carbons (Fsp3) is 0.263. The van der Waals surface area contributed by atoms with E-state index in [2.05, 4.69) is 20.6 Å². The first-order valence-electron chi connectivity index (χ1n) is 8.63. The van der Waals surface area contributed by atoms with Crippen molar-refractivity contribution < 1.29 is 18.8 Å². The smallest absolute Gasteiger partial charge is 0.263 e. The topological polar surface area (TPSA) is 104 Å². The van der Waals surface area contributed by atoms with Crippen molar-refractivity contribution in [3.8, 4) is 23.0 Å². The number of hydrogen-bond donors (Lipinski definition) is 1. The average Bonchev–Trinajstić information content (AvgIpc) is 3.27. The summed E-state index contributed by atoms with van der Waals surface area (Å²) in [6, 6.07) is 5.42. The molecular formula is C19H21N5O4. The highest BCUT2D eigenvalue weighted by Gasteiger charge is 2.18. The standard InChI is InChI=1S/C19H21N5O4/c1-5-27-17-10-13(6-7-16(17)26-4)15(8-9-25)22-18-14(11-20-24(18)3)19-21-12(2)23-28-19/h6-11,22H,5H2,1-4H3/b15-8-. The first-order chi connectivity index (χ1) is 13.6. The van der Waals surface area contributed by atoms with Crippen molar-refractivity contribution in [3.63, 3.8) is 0 Å². The SMILES string of the molecule is CCOc1cc(/C(=C/C=O)Nc2c(-c3nc(C)no3)cnn2C)ccc1OC. The summed E-state index contributed by atoms with van der Waals surface area (Å²) in [7, 11) is 3.35. The Kier molecular flexibility index (Phi) is 5.73. The van der Waals surface area contributed by atoms with Gasteiger partial charge in [-0.05, 0) is 32.0 Å². The number of aldehydes is 1. The summed E-state index contributed by atoms with van der Waals surface area (Å²) in [5.74, 6) is 2.65. The molecule has 0 unspecified atom stereocenters. The number of aromatic nitrogens is 4. The summed E-state index contributed by atoms with van der Waals surface area (Å²) in [4.78, 5) is 15.5. The van der Waals surface area contributed by atoms with Gasteiger partial charge in [0.1, 0.15) is 17.7 Å². The summed E-state index contributed by atoms with van der Waals surface area (Å²) in [6.07, 6.45) is 3.75. The van der Waals surface area contributed by atoms with E-state index in [0.29, 0.717) is 53.2 Å². The third-order valence-corrected chi connectivity index (χ3v) is 3.96. The lowest BCUT2D eigenvalue weighted by Crippen LogP contribution is -2.06. The first-order valence-corrected chi connectivity index (χ1v) is 8.63. The van der Waals surface area contributed by atoms with Crippen molar-refractivity contribution in [2.45, 2.75) is 13.8 Å². The van der Waals surface area contributed by atoms with Crippen LogP contribution in [0.15, 0.2) is 35.0 Å². The predicted molar refractivity (Wildman–Crippen MR) is 103 cm³/mol. The van der Waals surface area contributed by atoms with Crippen LogP contribution in [0.2, 0.25) is 0 Å². The van der Waals surface area contributed by atoms with Crippen LogP contribution in [0.1, 0.15) is 18.3 Å². The van der Waals surface area contributed by atoms with Crippen molar-refractivity contribution in [3.05, 3.63) is 41.9 Å². The number of carbonyl (C=O) groups excluding carboxylic acids is 1. The van der Waals surface area contributed by atoms with Crippen LogP contribution >= 0.6 is 0 Å². The lowest BCUT2D eigenvalue weighted by Gasteiger charge is -2.15. The normalized spacial score (nSPS) is 11.4. The highest BCUT2D eigenvalue weighted by Crippen LogP contribution is 2.33. The van der Waals surface area contributed by atoms with E-state index in [1.54, 1.807) is 44.1 Å². The van der Waals surface area contributed by atoms with E-state index in [0.717, 1.165) is 5.56 Å². The number of nitrogens with zero attached hydrogens (tertiary/aromatic N) is 4. The fourth-order valence-electron chi connectivity index (χ4n) is 2.67. The Bertz CT molecular complexity index is 1010. The van der Waals surface area contributed by atoms with Crippen molar-refractivity contribution in [1.29, 1.82) is 0 Å². The number of carbonyl (C=O) groups is 1. The van der Waals surface area contributed by atoms with E-state index >= 15 is 0 Å². The van der Waals surface area contributed by atoms with Gasteiger partial charge in [-0.25, -0.2) is 0 Å². The second kappa shape index (κ2) is 8.38. The minimum atomic E-state index is 0.336. The molecule has 146 valence electrons. The van der Waals surface area contributed by atoms with Crippen LogP contribution in [0.4, 0.5) is 5.82 Å². The summed E-state index contributed by atoms with van der Waals surface area (Å²) >= 11 is 0. The van der Waals surface area contributed by atoms with Gasteiger partial charge in [-0.1, -0.05) is 5.16 Å². The molecule has 2 heterocycles. The fourth-order valence-corrected chi connectivity index (χ4v) is 2.67. The molecule has 0 aliphatic carbocycles. The number of hydrogen-bond acceptors (Lipinski definition) is 8. The monoisotopic (exact) mass is 383 g/mol.